The quantitative estimate of drug-likeness (QED) is 0.121. The topological polar surface area (TPSA) is 236 Å². The number of ether oxygens (including phenoxy) is 2. The summed E-state index contributed by atoms with van der Waals surface area (Å²) in [4.78, 5) is 44.4. The first kappa shape index (κ1) is 34.8. The SMILES string of the molecule is O=C(O)c1ccc(S(=O)(=O)c2ccc(Oc3ccc(Oc4ccc(S(=O)(=O)c5ccc(C(=O)O)c(C(=O)O)c5)cc4)cc3)cc2)cc1C(=O)O. The van der Waals surface area contributed by atoms with Gasteiger partial charge in [-0.05, 0) is 109 Å². The van der Waals surface area contributed by atoms with Crippen LogP contribution in [0, 0.1) is 0 Å². The lowest BCUT2D eigenvalue weighted by atomic mass is 10.1. The predicted octanol–water partition coefficient (Wildman–Crippen LogP) is 5.73. The van der Waals surface area contributed by atoms with Crippen LogP contribution in [0.3, 0.4) is 0 Å². The fourth-order valence-corrected chi connectivity index (χ4v) is 7.18. The van der Waals surface area contributed by atoms with Gasteiger partial charge in [-0.25, -0.2) is 36.0 Å². The fraction of sp³-hybridized carbons (Fsp3) is 0. The molecule has 0 bridgehead atoms. The Morgan fingerprint density at radius 3 is 0.860 bits per heavy atom. The summed E-state index contributed by atoms with van der Waals surface area (Å²) in [6.07, 6.45) is 0. The number of aromatic carboxylic acids is 4. The number of sulfone groups is 2. The maximum atomic E-state index is 13.1. The summed E-state index contributed by atoms with van der Waals surface area (Å²) in [5, 5.41) is 37.0. The van der Waals surface area contributed by atoms with Gasteiger partial charge in [0, 0.05) is 0 Å². The van der Waals surface area contributed by atoms with Crippen molar-refractivity contribution in [3.8, 4) is 23.0 Å². The highest BCUT2D eigenvalue weighted by molar-refractivity contribution is 7.91. The van der Waals surface area contributed by atoms with Gasteiger partial charge in [-0.3, -0.25) is 0 Å². The van der Waals surface area contributed by atoms with Gasteiger partial charge in [0.25, 0.3) is 0 Å². The van der Waals surface area contributed by atoms with E-state index in [2.05, 4.69) is 0 Å². The summed E-state index contributed by atoms with van der Waals surface area (Å²) in [7, 11) is -8.40. The Morgan fingerprint density at radius 2 is 0.600 bits per heavy atom. The van der Waals surface area contributed by atoms with E-state index in [1.54, 1.807) is 24.3 Å². The summed E-state index contributed by atoms with van der Waals surface area (Å²) in [6.45, 7) is 0. The molecule has 254 valence electrons. The van der Waals surface area contributed by atoms with Crippen LogP contribution in [0.4, 0.5) is 0 Å². The summed E-state index contributed by atoms with van der Waals surface area (Å²) in [6, 6.07) is 22.1. The molecule has 0 radical (unpaired) electrons. The Labute approximate surface area is 282 Å². The van der Waals surface area contributed by atoms with Gasteiger partial charge in [0.05, 0.1) is 41.8 Å². The molecule has 0 aromatic heterocycles. The fourth-order valence-electron chi connectivity index (χ4n) is 4.60. The minimum atomic E-state index is -4.20. The molecule has 0 aliphatic rings. The highest BCUT2D eigenvalue weighted by Crippen LogP contribution is 2.31. The Balaban J connectivity index is 1.25. The van der Waals surface area contributed by atoms with Crippen molar-refractivity contribution in [3.05, 3.63) is 131 Å². The zero-order chi connectivity index (χ0) is 36.4. The monoisotopic (exact) mass is 718 g/mol. The van der Waals surface area contributed by atoms with Gasteiger partial charge < -0.3 is 29.9 Å². The van der Waals surface area contributed by atoms with E-state index in [1.807, 2.05) is 0 Å². The van der Waals surface area contributed by atoms with Gasteiger partial charge >= 0.3 is 23.9 Å². The van der Waals surface area contributed by atoms with E-state index in [9.17, 15) is 56.4 Å². The minimum Gasteiger partial charge on any atom is -0.478 e. The molecule has 0 heterocycles. The molecule has 0 spiro atoms. The number of carboxylic acids is 4. The van der Waals surface area contributed by atoms with Crippen LogP contribution in [-0.4, -0.2) is 61.1 Å². The molecule has 0 amide bonds. The van der Waals surface area contributed by atoms with E-state index >= 15 is 0 Å². The largest absolute Gasteiger partial charge is 0.478 e. The summed E-state index contributed by atoms with van der Waals surface area (Å²) in [5.74, 6) is -5.00. The van der Waals surface area contributed by atoms with Crippen LogP contribution in [0.5, 0.6) is 23.0 Å². The summed E-state index contributed by atoms with van der Waals surface area (Å²) < 4.78 is 63.9. The maximum Gasteiger partial charge on any atom is 0.336 e. The lowest BCUT2D eigenvalue weighted by Gasteiger charge is -2.11. The van der Waals surface area contributed by atoms with Crippen molar-refractivity contribution < 1.29 is 65.9 Å². The molecule has 4 N–H and O–H groups in total. The highest BCUT2D eigenvalue weighted by Gasteiger charge is 2.25. The molecule has 14 nitrogen and oxygen atoms in total. The second-order valence-electron chi connectivity index (χ2n) is 10.3. The van der Waals surface area contributed by atoms with Crippen LogP contribution in [0.15, 0.2) is 129 Å². The van der Waals surface area contributed by atoms with Crippen LogP contribution >= 0.6 is 0 Å². The lowest BCUT2D eigenvalue weighted by Crippen LogP contribution is -2.10. The van der Waals surface area contributed by atoms with Crippen LogP contribution in [0.2, 0.25) is 0 Å². The third kappa shape index (κ3) is 7.15. The van der Waals surface area contributed by atoms with E-state index in [4.69, 9.17) is 9.47 Å². The van der Waals surface area contributed by atoms with Crippen LogP contribution < -0.4 is 9.47 Å². The van der Waals surface area contributed by atoms with Gasteiger partial charge in [-0.2, -0.15) is 0 Å². The molecule has 0 aliphatic carbocycles. The molecule has 0 fully saturated rings. The van der Waals surface area contributed by atoms with E-state index in [-0.39, 0.29) is 21.3 Å². The molecule has 0 saturated heterocycles. The molecular weight excluding hydrogens is 696 g/mol. The van der Waals surface area contributed by atoms with Crippen LogP contribution in [0.25, 0.3) is 0 Å². The van der Waals surface area contributed by atoms with E-state index < -0.39 is 75.6 Å². The number of carbonyl (C=O) groups is 4. The Hall–Kier alpha value is -6.52. The first-order valence-electron chi connectivity index (χ1n) is 14.0. The van der Waals surface area contributed by atoms with Gasteiger partial charge in [0.2, 0.25) is 19.7 Å². The second kappa shape index (κ2) is 13.5. The van der Waals surface area contributed by atoms with Crippen molar-refractivity contribution in [1.29, 1.82) is 0 Å². The average molecular weight is 719 g/mol. The van der Waals surface area contributed by atoms with Gasteiger partial charge in [-0.1, -0.05) is 0 Å². The molecular formula is C34H22O14S2. The predicted molar refractivity (Wildman–Crippen MR) is 171 cm³/mol. The van der Waals surface area contributed by atoms with Crippen molar-refractivity contribution in [2.45, 2.75) is 19.6 Å². The molecule has 0 saturated carbocycles. The first-order chi connectivity index (χ1) is 23.6. The van der Waals surface area contributed by atoms with Gasteiger partial charge in [0.15, 0.2) is 0 Å². The first-order valence-corrected chi connectivity index (χ1v) is 16.9. The van der Waals surface area contributed by atoms with Crippen LogP contribution in [0.1, 0.15) is 41.4 Å². The van der Waals surface area contributed by atoms with Gasteiger partial charge in [-0.15, -0.1) is 0 Å². The van der Waals surface area contributed by atoms with Crippen molar-refractivity contribution in [1.82, 2.24) is 0 Å². The van der Waals surface area contributed by atoms with E-state index in [0.717, 1.165) is 36.4 Å². The third-order valence-electron chi connectivity index (χ3n) is 7.09. The zero-order valence-electron chi connectivity index (χ0n) is 25.1. The smallest absolute Gasteiger partial charge is 0.336 e. The zero-order valence-corrected chi connectivity index (χ0v) is 26.7. The standard InChI is InChI=1S/C34H22O14S2/c35-31(36)27-15-13-25(17-29(27)33(39)40)49(43,44)23-9-5-21(6-10-23)47-19-1-2-20(4-3-19)48-22-7-11-24(12-8-22)50(45,46)26-14-16-28(32(37)38)30(18-26)34(41)42/h1-18H,(H,35,36)(H,37,38)(H,39,40)(H,41,42). The van der Waals surface area contributed by atoms with Crippen molar-refractivity contribution in [3.63, 3.8) is 0 Å². The molecule has 0 atom stereocenters. The average Bonchev–Trinajstić information content (AvgIpc) is 3.09. The number of rotatable bonds is 12. The normalized spacial score (nSPS) is 11.4. The van der Waals surface area contributed by atoms with Gasteiger partial charge in [0.1, 0.15) is 23.0 Å². The molecule has 5 aromatic rings. The number of hydrogen-bond acceptors (Lipinski definition) is 10. The van der Waals surface area contributed by atoms with Crippen LogP contribution in [-0.2, 0) is 19.7 Å². The molecule has 0 unspecified atom stereocenters. The number of carboxylic acid groups (broad SMARTS) is 4. The molecule has 50 heavy (non-hydrogen) atoms. The van der Waals surface area contributed by atoms with Crippen molar-refractivity contribution in [2.75, 3.05) is 0 Å². The van der Waals surface area contributed by atoms with Crippen molar-refractivity contribution >= 4 is 43.6 Å². The van der Waals surface area contributed by atoms with E-state index in [1.165, 1.54) is 48.5 Å². The molecule has 5 rings (SSSR count). The lowest BCUT2D eigenvalue weighted by molar-refractivity contribution is 0.0651. The summed E-state index contributed by atoms with van der Waals surface area (Å²) >= 11 is 0. The molecule has 0 aliphatic heterocycles. The van der Waals surface area contributed by atoms with E-state index in [0.29, 0.717) is 11.5 Å². The minimum absolute atomic E-state index is 0.187. The molecule has 16 heteroatoms. The van der Waals surface area contributed by atoms with Crippen molar-refractivity contribution in [2.24, 2.45) is 0 Å². The molecule has 5 aromatic carbocycles. The third-order valence-corrected chi connectivity index (χ3v) is 10.6. The Kier molecular flexibility index (Phi) is 9.42. The Bertz CT molecular complexity index is 2210. The maximum absolute atomic E-state index is 13.1. The number of benzene rings is 5. The number of hydrogen-bond donors (Lipinski definition) is 4. The summed E-state index contributed by atoms with van der Waals surface area (Å²) in [5.41, 5.74) is -2.45. The highest BCUT2D eigenvalue weighted by atomic mass is 32.2. The second-order valence-corrected chi connectivity index (χ2v) is 14.2. The Morgan fingerprint density at radius 1 is 0.360 bits per heavy atom.